The Hall–Kier alpha value is -1.55. The summed E-state index contributed by atoms with van der Waals surface area (Å²) in [6, 6.07) is 7.00. The normalized spacial score (nSPS) is 12.0. The molecule has 0 fully saturated rings. The van der Waals surface area contributed by atoms with Crippen molar-refractivity contribution in [2.75, 3.05) is 20.8 Å². The van der Waals surface area contributed by atoms with E-state index in [1.807, 2.05) is 24.3 Å². The van der Waals surface area contributed by atoms with Gasteiger partial charge in [0.2, 0.25) is 5.91 Å². The minimum absolute atomic E-state index is 0.0926. The molecule has 0 saturated heterocycles. The van der Waals surface area contributed by atoms with Crippen LogP contribution < -0.4 is 4.74 Å². The van der Waals surface area contributed by atoms with Crippen LogP contribution in [-0.2, 0) is 4.79 Å². The topological polar surface area (TPSA) is 49.8 Å². The summed E-state index contributed by atoms with van der Waals surface area (Å²) in [5.74, 6) is 0.583. The second kappa shape index (κ2) is 5.51. The summed E-state index contributed by atoms with van der Waals surface area (Å²) in [5, 5.41) is 9.37. The lowest BCUT2D eigenvalue weighted by molar-refractivity contribution is -0.130. The zero-order valence-corrected chi connectivity index (χ0v) is 9.80. The van der Waals surface area contributed by atoms with Crippen molar-refractivity contribution in [3.8, 4) is 5.75 Å². The van der Waals surface area contributed by atoms with Crippen molar-refractivity contribution in [2.24, 2.45) is 0 Å². The molecule has 1 atom stereocenters. The molecule has 1 aromatic rings. The molecule has 0 aliphatic rings. The average Bonchev–Trinajstić information content (AvgIpc) is 2.30. The molecule has 0 bridgehead atoms. The first-order valence-electron chi connectivity index (χ1n) is 5.09. The van der Waals surface area contributed by atoms with Crippen molar-refractivity contribution in [3.05, 3.63) is 29.8 Å². The highest BCUT2D eigenvalue weighted by molar-refractivity contribution is 5.73. The van der Waals surface area contributed by atoms with Gasteiger partial charge in [0, 0.05) is 19.5 Å². The molecular weight excluding hydrogens is 206 g/mol. The highest BCUT2D eigenvalue weighted by Crippen LogP contribution is 2.28. The maximum Gasteiger partial charge on any atom is 0.219 e. The minimum atomic E-state index is -0.367. The van der Waals surface area contributed by atoms with Gasteiger partial charge in [0.25, 0.3) is 0 Å². The van der Waals surface area contributed by atoms with E-state index in [0.29, 0.717) is 5.75 Å². The molecular formula is C12H17NO3. The van der Waals surface area contributed by atoms with E-state index in [1.165, 1.54) is 11.8 Å². The van der Waals surface area contributed by atoms with Crippen molar-refractivity contribution in [1.82, 2.24) is 4.90 Å². The maximum atomic E-state index is 11.3. The van der Waals surface area contributed by atoms with Crippen LogP contribution in [0.25, 0.3) is 0 Å². The summed E-state index contributed by atoms with van der Waals surface area (Å²) in [5.41, 5.74) is 0.810. The van der Waals surface area contributed by atoms with Gasteiger partial charge in [-0.15, -0.1) is 0 Å². The Labute approximate surface area is 95.5 Å². The molecule has 0 radical (unpaired) electrons. The smallest absolute Gasteiger partial charge is 0.219 e. The number of aliphatic hydroxyl groups is 1. The van der Waals surface area contributed by atoms with Crippen molar-refractivity contribution < 1.29 is 14.6 Å². The van der Waals surface area contributed by atoms with E-state index in [1.54, 1.807) is 14.2 Å². The number of hydrogen-bond acceptors (Lipinski definition) is 3. The van der Waals surface area contributed by atoms with Gasteiger partial charge in [-0.2, -0.15) is 0 Å². The van der Waals surface area contributed by atoms with E-state index in [2.05, 4.69) is 0 Å². The molecule has 1 rings (SSSR count). The van der Waals surface area contributed by atoms with Crippen LogP contribution in [0, 0.1) is 0 Å². The largest absolute Gasteiger partial charge is 0.496 e. The van der Waals surface area contributed by atoms with E-state index in [-0.39, 0.29) is 18.6 Å². The van der Waals surface area contributed by atoms with Crippen molar-refractivity contribution in [1.29, 1.82) is 0 Å². The number of nitrogens with zero attached hydrogens (tertiary/aromatic N) is 1. The molecule has 16 heavy (non-hydrogen) atoms. The molecule has 0 aliphatic carbocycles. The van der Waals surface area contributed by atoms with Gasteiger partial charge in [0.05, 0.1) is 19.8 Å². The summed E-state index contributed by atoms with van der Waals surface area (Å²) < 4.78 is 5.21. The number of carbonyl (C=O) groups is 1. The lowest BCUT2D eigenvalue weighted by Crippen LogP contribution is -2.31. The lowest BCUT2D eigenvalue weighted by atomic mass is 10.1. The summed E-state index contributed by atoms with van der Waals surface area (Å²) >= 11 is 0. The van der Waals surface area contributed by atoms with E-state index in [4.69, 9.17) is 4.74 Å². The Bertz CT molecular complexity index is 365. The molecule has 0 aromatic heterocycles. The Kier molecular flexibility index (Phi) is 4.31. The van der Waals surface area contributed by atoms with Crippen molar-refractivity contribution in [2.45, 2.75) is 13.0 Å². The molecule has 0 heterocycles. The average molecular weight is 223 g/mol. The van der Waals surface area contributed by atoms with Crippen molar-refractivity contribution >= 4 is 5.91 Å². The summed E-state index contributed by atoms with van der Waals surface area (Å²) in [4.78, 5) is 12.8. The number of benzene rings is 1. The molecule has 0 spiro atoms. The fourth-order valence-electron chi connectivity index (χ4n) is 1.59. The predicted octanol–water partition coefficient (Wildman–Crippen LogP) is 1.21. The SMILES string of the molecule is COc1ccccc1C(CO)N(C)C(C)=O. The fraction of sp³-hybridized carbons (Fsp3) is 0.417. The van der Waals surface area contributed by atoms with Gasteiger partial charge < -0.3 is 14.7 Å². The maximum absolute atomic E-state index is 11.3. The van der Waals surface area contributed by atoms with Crippen LogP contribution >= 0.6 is 0 Å². The standard InChI is InChI=1S/C12H17NO3/c1-9(15)13(2)11(8-14)10-6-4-5-7-12(10)16-3/h4-7,11,14H,8H2,1-3H3. The zero-order valence-electron chi connectivity index (χ0n) is 9.80. The van der Waals surface area contributed by atoms with Gasteiger partial charge in [-0.05, 0) is 6.07 Å². The molecule has 1 aromatic carbocycles. The van der Waals surface area contributed by atoms with Crippen LogP contribution in [-0.4, -0.2) is 36.7 Å². The van der Waals surface area contributed by atoms with Crippen LogP contribution in [0.1, 0.15) is 18.5 Å². The van der Waals surface area contributed by atoms with Gasteiger partial charge in [-0.1, -0.05) is 18.2 Å². The fourth-order valence-corrected chi connectivity index (χ4v) is 1.59. The molecule has 1 amide bonds. The van der Waals surface area contributed by atoms with Gasteiger partial charge in [0.15, 0.2) is 0 Å². The van der Waals surface area contributed by atoms with E-state index >= 15 is 0 Å². The van der Waals surface area contributed by atoms with Gasteiger partial charge in [-0.3, -0.25) is 4.79 Å². The Balaban J connectivity index is 3.07. The van der Waals surface area contributed by atoms with Gasteiger partial charge in [0.1, 0.15) is 5.75 Å². The monoisotopic (exact) mass is 223 g/mol. The second-order valence-electron chi connectivity index (χ2n) is 3.57. The first-order chi connectivity index (χ1) is 7.61. The first kappa shape index (κ1) is 12.5. The molecule has 4 nitrogen and oxygen atoms in total. The molecule has 1 N–H and O–H groups in total. The molecule has 0 aliphatic heterocycles. The van der Waals surface area contributed by atoms with Crippen LogP contribution in [0.4, 0.5) is 0 Å². The van der Waals surface area contributed by atoms with E-state index in [9.17, 15) is 9.90 Å². The summed E-state index contributed by atoms with van der Waals surface area (Å²) in [6.45, 7) is 1.34. The Morgan fingerprint density at radius 3 is 2.62 bits per heavy atom. The Morgan fingerprint density at radius 2 is 2.12 bits per heavy atom. The predicted molar refractivity (Wildman–Crippen MR) is 61.3 cm³/mol. The minimum Gasteiger partial charge on any atom is -0.496 e. The highest BCUT2D eigenvalue weighted by atomic mass is 16.5. The number of amides is 1. The number of methoxy groups -OCH3 is 1. The Morgan fingerprint density at radius 1 is 1.50 bits per heavy atom. The molecule has 0 saturated carbocycles. The number of hydrogen-bond donors (Lipinski definition) is 1. The summed E-state index contributed by atoms with van der Waals surface area (Å²) in [7, 11) is 3.23. The third kappa shape index (κ3) is 2.52. The second-order valence-corrected chi connectivity index (χ2v) is 3.57. The van der Waals surface area contributed by atoms with Crippen molar-refractivity contribution in [3.63, 3.8) is 0 Å². The van der Waals surface area contributed by atoms with E-state index < -0.39 is 0 Å². The number of para-hydroxylation sites is 1. The third-order valence-electron chi connectivity index (χ3n) is 2.64. The number of aliphatic hydroxyl groups excluding tert-OH is 1. The summed E-state index contributed by atoms with van der Waals surface area (Å²) in [6.07, 6.45) is 0. The van der Waals surface area contributed by atoms with Crippen LogP contribution in [0.5, 0.6) is 5.75 Å². The number of likely N-dealkylation sites (N-methyl/N-ethyl adjacent to an activating group) is 1. The molecule has 88 valence electrons. The zero-order chi connectivity index (χ0) is 12.1. The first-order valence-corrected chi connectivity index (χ1v) is 5.09. The number of ether oxygens (including phenoxy) is 1. The third-order valence-corrected chi connectivity index (χ3v) is 2.64. The highest BCUT2D eigenvalue weighted by Gasteiger charge is 2.21. The van der Waals surface area contributed by atoms with Crippen LogP contribution in [0.3, 0.4) is 0 Å². The van der Waals surface area contributed by atoms with Gasteiger partial charge in [-0.25, -0.2) is 0 Å². The van der Waals surface area contributed by atoms with E-state index in [0.717, 1.165) is 5.56 Å². The quantitative estimate of drug-likeness (QED) is 0.834. The lowest BCUT2D eigenvalue weighted by Gasteiger charge is -2.27. The van der Waals surface area contributed by atoms with Gasteiger partial charge >= 0.3 is 0 Å². The van der Waals surface area contributed by atoms with Crippen LogP contribution in [0.2, 0.25) is 0 Å². The molecule has 4 heteroatoms. The number of rotatable bonds is 4. The van der Waals surface area contributed by atoms with Crippen LogP contribution in [0.15, 0.2) is 24.3 Å². The molecule has 1 unspecified atom stereocenters. The number of carbonyl (C=O) groups excluding carboxylic acids is 1.